The van der Waals surface area contributed by atoms with Crippen LogP contribution in [-0.2, 0) is 18.5 Å². The molecule has 8 heteroatoms. The Balaban J connectivity index is 1.70. The van der Waals surface area contributed by atoms with Crippen LogP contribution in [0.15, 0.2) is 24.5 Å². The average Bonchev–Trinajstić information content (AvgIpc) is 3.29. The van der Waals surface area contributed by atoms with Gasteiger partial charge in [0.2, 0.25) is 5.91 Å². The molecule has 1 amide bonds. The van der Waals surface area contributed by atoms with Gasteiger partial charge in [0.15, 0.2) is 10.6 Å². The highest BCUT2D eigenvalue weighted by Gasteiger charge is 2.23. The molecule has 23 heavy (non-hydrogen) atoms. The van der Waals surface area contributed by atoms with Crippen LogP contribution < -0.4 is 5.32 Å². The first kappa shape index (κ1) is 15.8. The van der Waals surface area contributed by atoms with Crippen molar-refractivity contribution < 1.29 is 4.79 Å². The molecule has 3 rings (SSSR count). The van der Waals surface area contributed by atoms with Gasteiger partial charge in [0.05, 0.1) is 13.2 Å². The predicted molar refractivity (Wildman–Crippen MR) is 89.1 cm³/mol. The Morgan fingerprint density at radius 2 is 2.13 bits per heavy atom. The van der Waals surface area contributed by atoms with Crippen molar-refractivity contribution in [3.63, 3.8) is 0 Å². The van der Waals surface area contributed by atoms with Crippen LogP contribution in [0.1, 0.15) is 12.8 Å². The molecular weight excluding hydrogens is 312 g/mol. The van der Waals surface area contributed by atoms with E-state index in [-0.39, 0.29) is 5.91 Å². The standard InChI is InChI=1S/C15H20N6OS/c1-19(9-13(22)17-12-3-4-12)10-21-15(23)20(2)14(18-21)11-5-7-16-8-6-11/h5-8,12H,3-4,9-10H2,1-2H3,(H,17,22). The number of rotatable bonds is 6. The number of hydrogen-bond acceptors (Lipinski definition) is 5. The molecule has 0 aromatic carbocycles. The molecule has 2 heterocycles. The number of nitrogens with one attached hydrogen (secondary N) is 1. The SMILES string of the molecule is CN(CC(=O)NC1CC1)Cn1nc(-c2ccncc2)n(C)c1=S. The minimum Gasteiger partial charge on any atom is -0.352 e. The van der Waals surface area contributed by atoms with E-state index < -0.39 is 0 Å². The van der Waals surface area contributed by atoms with E-state index in [1.165, 1.54) is 0 Å². The van der Waals surface area contributed by atoms with Crippen molar-refractivity contribution in [2.75, 3.05) is 13.6 Å². The van der Waals surface area contributed by atoms with Gasteiger partial charge in [0.1, 0.15) is 0 Å². The van der Waals surface area contributed by atoms with E-state index in [9.17, 15) is 4.79 Å². The van der Waals surface area contributed by atoms with Gasteiger partial charge in [0.25, 0.3) is 0 Å². The van der Waals surface area contributed by atoms with Crippen molar-refractivity contribution in [2.45, 2.75) is 25.6 Å². The number of pyridine rings is 1. The maximum absolute atomic E-state index is 11.9. The summed E-state index contributed by atoms with van der Waals surface area (Å²) in [6.45, 7) is 0.801. The molecule has 1 fully saturated rings. The summed E-state index contributed by atoms with van der Waals surface area (Å²) in [7, 11) is 3.77. The van der Waals surface area contributed by atoms with Gasteiger partial charge in [-0.25, -0.2) is 4.68 Å². The molecule has 0 radical (unpaired) electrons. The molecule has 7 nitrogen and oxygen atoms in total. The van der Waals surface area contributed by atoms with Crippen LogP contribution in [0.3, 0.4) is 0 Å². The molecule has 0 unspecified atom stereocenters. The normalized spacial score (nSPS) is 14.2. The summed E-state index contributed by atoms with van der Waals surface area (Å²) in [5.41, 5.74) is 0.960. The van der Waals surface area contributed by atoms with Crippen LogP contribution in [0.4, 0.5) is 0 Å². The minimum atomic E-state index is 0.0480. The lowest BCUT2D eigenvalue weighted by Crippen LogP contribution is -2.37. The lowest BCUT2D eigenvalue weighted by atomic mass is 10.2. The second kappa shape index (κ2) is 6.59. The number of hydrogen-bond donors (Lipinski definition) is 1. The fourth-order valence-corrected chi connectivity index (χ4v) is 2.54. The van der Waals surface area contributed by atoms with Gasteiger partial charge in [-0.2, -0.15) is 5.10 Å². The second-order valence-corrected chi connectivity index (χ2v) is 6.26. The fourth-order valence-electron chi connectivity index (χ4n) is 2.36. The number of amides is 1. The first-order valence-corrected chi connectivity index (χ1v) is 7.97. The summed E-state index contributed by atoms with van der Waals surface area (Å²) < 4.78 is 4.21. The molecule has 122 valence electrons. The highest BCUT2D eigenvalue weighted by Crippen LogP contribution is 2.18. The topological polar surface area (TPSA) is 68.0 Å². The summed E-state index contributed by atoms with van der Waals surface area (Å²) >= 11 is 5.45. The largest absolute Gasteiger partial charge is 0.352 e. The Morgan fingerprint density at radius 3 is 2.78 bits per heavy atom. The monoisotopic (exact) mass is 332 g/mol. The molecule has 1 N–H and O–H groups in total. The van der Waals surface area contributed by atoms with Crippen LogP contribution in [0.25, 0.3) is 11.4 Å². The smallest absolute Gasteiger partial charge is 0.234 e. The average molecular weight is 332 g/mol. The first-order valence-electron chi connectivity index (χ1n) is 7.56. The maximum Gasteiger partial charge on any atom is 0.234 e. The summed E-state index contributed by atoms with van der Waals surface area (Å²) in [5.74, 6) is 0.833. The van der Waals surface area contributed by atoms with E-state index in [4.69, 9.17) is 12.2 Å². The van der Waals surface area contributed by atoms with Crippen molar-refractivity contribution in [1.29, 1.82) is 0 Å². The fraction of sp³-hybridized carbons (Fsp3) is 0.467. The lowest BCUT2D eigenvalue weighted by molar-refractivity contribution is -0.122. The van der Waals surface area contributed by atoms with Crippen molar-refractivity contribution in [1.82, 2.24) is 29.5 Å². The third kappa shape index (κ3) is 3.83. The van der Waals surface area contributed by atoms with Crippen LogP contribution in [0, 0.1) is 4.77 Å². The van der Waals surface area contributed by atoms with Crippen molar-refractivity contribution in [3.05, 3.63) is 29.3 Å². The third-order valence-electron chi connectivity index (χ3n) is 3.71. The van der Waals surface area contributed by atoms with Crippen LogP contribution in [0.2, 0.25) is 0 Å². The highest BCUT2D eigenvalue weighted by molar-refractivity contribution is 7.71. The van der Waals surface area contributed by atoms with Gasteiger partial charge < -0.3 is 9.88 Å². The molecule has 1 saturated carbocycles. The second-order valence-electron chi connectivity index (χ2n) is 5.90. The third-order valence-corrected chi connectivity index (χ3v) is 4.20. The molecule has 1 aliphatic carbocycles. The number of likely N-dealkylation sites (N-methyl/N-ethyl adjacent to an activating group) is 1. The van der Waals surface area contributed by atoms with Gasteiger partial charge >= 0.3 is 0 Å². The van der Waals surface area contributed by atoms with Gasteiger partial charge in [-0.05, 0) is 44.2 Å². The molecule has 0 saturated heterocycles. The number of nitrogens with zero attached hydrogens (tertiary/aromatic N) is 5. The zero-order valence-corrected chi connectivity index (χ0v) is 14.1. The number of aromatic nitrogens is 4. The van der Waals surface area contributed by atoms with Crippen molar-refractivity contribution >= 4 is 18.1 Å². The van der Waals surface area contributed by atoms with Gasteiger partial charge in [-0.3, -0.25) is 14.7 Å². The van der Waals surface area contributed by atoms with Crippen molar-refractivity contribution in [3.8, 4) is 11.4 Å². The summed E-state index contributed by atoms with van der Waals surface area (Å²) in [6, 6.07) is 4.17. The number of carbonyl (C=O) groups excluding carboxylic acids is 1. The Bertz CT molecular complexity index is 749. The minimum absolute atomic E-state index is 0.0480. The highest BCUT2D eigenvalue weighted by atomic mass is 32.1. The number of carbonyl (C=O) groups is 1. The molecule has 1 aliphatic rings. The Morgan fingerprint density at radius 1 is 1.43 bits per heavy atom. The molecule has 0 aliphatic heterocycles. The summed E-state index contributed by atoms with van der Waals surface area (Å²) in [4.78, 5) is 17.8. The van der Waals surface area contributed by atoms with E-state index in [0.29, 0.717) is 24.0 Å². The van der Waals surface area contributed by atoms with Gasteiger partial charge in [0, 0.05) is 31.0 Å². The quantitative estimate of drug-likeness (QED) is 0.805. The van der Waals surface area contributed by atoms with E-state index in [1.54, 1.807) is 17.1 Å². The van der Waals surface area contributed by atoms with Crippen LogP contribution in [0.5, 0.6) is 0 Å². The summed E-state index contributed by atoms with van der Waals surface area (Å²) in [5, 5.41) is 7.55. The van der Waals surface area contributed by atoms with Crippen LogP contribution in [-0.4, -0.2) is 49.8 Å². The molecular formula is C15H20N6OS. The van der Waals surface area contributed by atoms with E-state index in [0.717, 1.165) is 24.2 Å². The zero-order valence-electron chi connectivity index (χ0n) is 13.3. The molecule has 2 aromatic heterocycles. The van der Waals surface area contributed by atoms with Gasteiger partial charge in [-0.1, -0.05) is 0 Å². The zero-order chi connectivity index (χ0) is 16.4. The van der Waals surface area contributed by atoms with Gasteiger partial charge in [-0.15, -0.1) is 0 Å². The predicted octanol–water partition coefficient (Wildman–Crippen LogP) is 1.18. The maximum atomic E-state index is 11.9. The van der Waals surface area contributed by atoms with E-state index in [2.05, 4.69) is 15.4 Å². The van der Waals surface area contributed by atoms with E-state index >= 15 is 0 Å². The van der Waals surface area contributed by atoms with Crippen LogP contribution >= 0.6 is 12.2 Å². The lowest BCUT2D eigenvalue weighted by Gasteiger charge is -2.15. The Labute approximate surface area is 139 Å². The Hall–Kier alpha value is -2.06. The van der Waals surface area contributed by atoms with Crippen molar-refractivity contribution in [2.24, 2.45) is 7.05 Å². The van der Waals surface area contributed by atoms with E-state index in [1.807, 2.05) is 35.7 Å². The molecule has 2 aromatic rings. The Kier molecular flexibility index (Phi) is 4.53. The molecule has 0 spiro atoms. The first-order chi connectivity index (χ1) is 11.0. The summed E-state index contributed by atoms with van der Waals surface area (Å²) in [6.07, 6.45) is 5.64. The molecule has 0 atom stereocenters. The molecule has 0 bridgehead atoms.